The van der Waals surface area contributed by atoms with E-state index in [4.69, 9.17) is 4.43 Å². The van der Waals surface area contributed by atoms with E-state index < -0.39 is 9.04 Å². The van der Waals surface area contributed by atoms with Crippen LogP contribution in [0.5, 0.6) is 0 Å². The second-order valence-corrected chi connectivity index (χ2v) is 6.86. The fraction of sp³-hybridized carbons (Fsp3) is 0.176. The molecule has 0 saturated heterocycles. The lowest BCUT2D eigenvalue weighted by Gasteiger charge is -2.16. The quantitative estimate of drug-likeness (QED) is 0.444. The fourth-order valence-electron chi connectivity index (χ4n) is 2.06. The summed E-state index contributed by atoms with van der Waals surface area (Å²) in [4.78, 5) is 0. The molecular formula is C17H20OSi. The molecule has 19 heavy (non-hydrogen) atoms. The summed E-state index contributed by atoms with van der Waals surface area (Å²) in [6.07, 6.45) is 5.21. The highest BCUT2D eigenvalue weighted by molar-refractivity contribution is 6.80. The van der Waals surface area contributed by atoms with Crippen LogP contribution in [-0.4, -0.2) is 15.6 Å². The zero-order valence-corrected chi connectivity index (χ0v) is 12.5. The van der Waals surface area contributed by atoms with Crippen LogP contribution in [0.25, 0.3) is 0 Å². The summed E-state index contributed by atoms with van der Waals surface area (Å²) in [6.45, 7) is 2.84. The SMILES string of the molecule is C/C=C/CCO[SiH](c1ccccc1)c1ccccc1. The Bertz CT molecular complexity index is 454. The topological polar surface area (TPSA) is 9.23 Å². The molecule has 1 nitrogen and oxygen atoms in total. The lowest BCUT2D eigenvalue weighted by Crippen LogP contribution is -2.45. The summed E-state index contributed by atoms with van der Waals surface area (Å²) in [5.74, 6) is 0. The van der Waals surface area contributed by atoms with Gasteiger partial charge in [0.05, 0.1) is 0 Å². The summed E-state index contributed by atoms with van der Waals surface area (Å²) in [7, 11) is -1.53. The van der Waals surface area contributed by atoms with E-state index in [1.54, 1.807) is 0 Å². The number of rotatable bonds is 6. The summed E-state index contributed by atoms with van der Waals surface area (Å²) < 4.78 is 6.20. The third-order valence-corrected chi connectivity index (χ3v) is 5.56. The maximum Gasteiger partial charge on any atom is 0.239 e. The molecule has 0 bridgehead atoms. The van der Waals surface area contributed by atoms with E-state index in [0.717, 1.165) is 13.0 Å². The van der Waals surface area contributed by atoms with Crippen molar-refractivity contribution in [1.29, 1.82) is 0 Å². The highest BCUT2D eigenvalue weighted by Crippen LogP contribution is 1.96. The van der Waals surface area contributed by atoms with Crippen LogP contribution in [0.1, 0.15) is 13.3 Å². The molecule has 0 atom stereocenters. The fourth-order valence-corrected chi connectivity index (χ4v) is 4.35. The van der Waals surface area contributed by atoms with E-state index in [0.29, 0.717) is 0 Å². The summed E-state index contributed by atoms with van der Waals surface area (Å²) >= 11 is 0. The minimum atomic E-state index is -1.53. The van der Waals surface area contributed by atoms with Crippen LogP contribution in [0.4, 0.5) is 0 Å². The molecular weight excluding hydrogens is 248 g/mol. The Balaban J connectivity index is 2.14. The lowest BCUT2D eigenvalue weighted by atomic mass is 10.4. The first-order valence-corrected chi connectivity index (χ1v) is 8.37. The lowest BCUT2D eigenvalue weighted by molar-refractivity contribution is 0.341. The van der Waals surface area contributed by atoms with Gasteiger partial charge in [-0.25, -0.2) is 0 Å². The van der Waals surface area contributed by atoms with E-state index in [-0.39, 0.29) is 0 Å². The summed E-state index contributed by atoms with van der Waals surface area (Å²) in [5.41, 5.74) is 0. The molecule has 2 aromatic carbocycles. The van der Waals surface area contributed by atoms with Crippen molar-refractivity contribution in [1.82, 2.24) is 0 Å². The van der Waals surface area contributed by atoms with Crippen molar-refractivity contribution in [3.8, 4) is 0 Å². The van der Waals surface area contributed by atoms with Gasteiger partial charge in [-0.1, -0.05) is 72.8 Å². The van der Waals surface area contributed by atoms with Gasteiger partial charge in [-0.15, -0.1) is 0 Å². The molecule has 0 aromatic heterocycles. The summed E-state index contributed by atoms with van der Waals surface area (Å²) in [6, 6.07) is 21.2. The van der Waals surface area contributed by atoms with Crippen molar-refractivity contribution in [3.63, 3.8) is 0 Å². The van der Waals surface area contributed by atoms with Crippen molar-refractivity contribution >= 4 is 19.4 Å². The van der Waals surface area contributed by atoms with Gasteiger partial charge < -0.3 is 4.43 Å². The van der Waals surface area contributed by atoms with Crippen LogP contribution in [-0.2, 0) is 4.43 Å². The van der Waals surface area contributed by atoms with Crippen LogP contribution in [0, 0.1) is 0 Å². The molecule has 0 amide bonds. The third-order valence-electron chi connectivity index (χ3n) is 3.01. The molecule has 0 saturated carbocycles. The zero-order chi connectivity index (χ0) is 13.3. The number of allylic oxidation sites excluding steroid dienone is 1. The van der Waals surface area contributed by atoms with Crippen LogP contribution < -0.4 is 10.4 Å². The first-order chi connectivity index (χ1) is 9.42. The number of benzene rings is 2. The van der Waals surface area contributed by atoms with E-state index in [9.17, 15) is 0 Å². The molecule has 0 fully saturated rings. The predicted octanol–water partition coefficient (Wildman–Crippen LogP) is 2.51. The number of hydrogen-bond donors (Lipinski definition) is 0. The first-order valence-electron chi connectivity index (χ1n) is 6.74. The van der Waals surface area contributed by atoms with E-state index in [2.05, 4.69) is 72.8 Å². The molecule has 98 valence electrons. The van der Waals surface area contributed by atoms with Crippen molar-refractivity contribution in [2.75, 3.05) is 6.61 Å². The Hall–Kier alpha value is -1.64. The van der Waals surface area contributed by atoms with Gasteiger partial charge in [-0.05, 0) is 23.7 Å². The molecule has 2 aromatic rings. The Kier molecular flexibility index (Phi) is 5.60. The highest BCUT2D eigenvalue weighted by Gasteiger charge is 2.16. The van der Waals surface area contributed by atoms with Gasteiger partial charge in [0.15, 0.2) is 0 Å². The van der Waals surface area contributed by atoms with Crippen molar-refractivity contribution in [3.05, 3.63) is 72.8 Å². The second-order valence-electron chi connectivity index (χ2n) is 4.43. The Morgan fingerprint density at radius 3 is 1.89 bits per heavy atom. The van der Waals surface area contributed by atoms with E-state index in [1.165, 1.54) is 10.4 Å². The minimum Gasteiger partial charge on any atom is -0.411 e. The molecule has 0 N–H and O–H groups in total. The second kappa shape index (κ2) is 7.72. The van der Waals surface area contributed by atoms with Gasteiger partial charge in [0.1, 0.15) is 0 Å². The van der Waals surface area contributed by atoms with Gasteiger partial charge in [-0.3, -0.25) is 0 Å². The third kappa shape index (κ3) is 4.19. The Labute approximate surface area is 117 Å². The summed E-state index contributed by atoms with van der Waals surface area (Å²) in [5, 5.41) is 2.68. The van der Waals surface area contributed by atoms with Crippen molar-refractivity contribution in [2.45, 2.75) is 13.3 Å². The number of hydrogen-bond acceptors (Lipinski definition) is 1. The molecule has 2 heteroatoms. The van der Waals surface area contributed by atoms with Gasteiger partial charge in [0, 0.05) is 6.61 Å². The molecule has 2 rings (SSSR count). The Morgan fingerprint density at radius 2 is 1.42 bits per heavy atom. The van der Waals surface area contributed by atoms with Gasteiger partial charge in [0.25, 0.3) is 0 Å². The van der Waals surface area contributed by atoms with Crippen LogP contribution in [0.15, 0.2) is 72.8 Å². The first kappa shape index (κ1) is 13.8. The maximum absolute atomic E-state index is 6.20. The standard InChI is InChI=1S/C17H20OSi/c1-2-3-10-15-18-19(16-11-6-4-7-12-16)17-13-8-5-9-14-17/h2-9,11-14,19H,10,15H2,1H3/b3-2+. The van der Waals surface area contributed by atoms with E-state index in [1.807, 2.05) is 6.92 Å². The molecule has 0 radical (unpaired) electrons. The highest BCUT2D eigenvalue weighted by atomic mass is 28.3. The normalized spacial score (nSPS) is 11.3. The molecule has 0 spiro atoms. The van der Waals surface area contributed by atoms with Crippen molar-refractivity contribution in [2.24, 2.45) is 0 Å². The molecule has 0 heterocycles. The molecule has 0 aliphatic rings. The zero-order valence-electron chi connectivity index (χ0n) is 11.3. The molecule has 0 aliphatic heterocycles. The molecule has 0 aliphatic carbocycles. The van der Waals surface area contributed by atoms with Crippen LogP contribution in [0.3, 0.4) is 0 Å². The van der Waals surface area contributed by atoms with Crippen LogP contribution in [0.2, 0.25) is 0 Å². The van der Waals surface area contributed by atoms with Crippen molar-refractivity contribution < 1.29 is 4.43 Å². The van der Waals surface area contributed by atoms with Gasteiger partial charge >= 0.3 is 0 Å². The predicted molar refractivity (Wildman–Crippen MR) is 84.7 cm³/mol. The smallest absolute Gasteiger partial charge is 0.239 e. The van der Waals surface area contributed by atoms with Gasteiger partial charge in [-0.2, -0.15) is 0 Å². The van der Waals surface area contributed by atoms with Crippen LogP contribution >= 0.6 is 0 Å². The molecule has 0 unspecified atom stereocenters. The average Bonchev–Trinajstić information content (AvgIpc) is 2.49. The average molecular weight is 268 g/mol. The van der Waals surface area contributed by atoms with Gasteiger partial charge in [0.2, 0.25) is 9.04 Å². The Morgan fingerprint density at radius 1 is 0.895 bits per heavy atom. The minimum absolute atomic E-state index is 0.797. The maximum atomic E-state index is 6.20. The van der Waals surface area contributed by atoms with E-state index >= 15 is 0 Å². The largest absolute Gasteiger partial charge is 0.411 e. The monoisotopic (exact) mass is 268 g/mol.